The summed E-state index contributed by atoms with van der Waals surface area (Å²) in [4.78, 5) is 8.95. The van der Waals surface area contributed by atoms with E-state index in [0.717, 1.165) is 25.0 Å². The fourth-order valence-corrected chi connectivity index (χ4v) is 3.36. The summed E-state index contributed by atoms with van der Waals surface area (Å²) < 4.78 is 51.0. The fraction of sp³-hybridized carbons (Fsp3) is 0.364. The van der Waals surface area contributed by atoms with Crippen LogP contribution in [0.5, 0.6) is 11.5 Å². The number of rotatable bonds is 6. The lowest BCUT2D eigenvalue weighted by atomic mass is 10.0. The molecule has 0 aliphatic heterocycles. The molecule has 0 amide bonds. The summed E-state index contributed by atoms with van der Waals surface area (Å²) in [6, 6.07) is 6.63. The number of benzene rings is 2. The third-order valence-electron chi connectivity index (χ3n) is 5.07. The quantitative estimate of drug-likeness (QED) is 0.517. The van der Waals surface area contributed by atoms with Gasteiger partial charge in [0.15, 0.2) is 11.5 Å². The number of nitrogen functional groups attached to an aromatic ring is 1. The van der Waals surface area contributed by atoms with Crippen LogP contribution in [0, 0.1) is 6.92 Å². The number of nitrogens with two attached hydrogens (primary N) is 1. The first-order chi connectivity index (χ1) is 14.6. The van der Waals surface area contributed by atoms with Crippen LogP contribution in [-0.2, 0) is 6.18 Å². The average Bonchev–Trinajstić information content (AvgIpc) is 3.50. The highest BCUT2D eigenvalue weighted by Gasteiger charge is 2.31. The molecular formula is C22H23F3N4O2. The number of anilines is 2. The van der Waals surface area contributed by atoms with Crippen molar-refractivity contribution in [3.05, 3.63) is 47.3 Å². The van der Waals surface area contributed by atoms with Gasteiger partial charge in [-0.3, -0.25) is 0 Å². The van der Waals surface area contributed by atoms with E-state index < -0.39 is 17.8 Å². The molecule has 9 heteroatoms. The molecule has 31 heavy (non-hydrogen) atoms. The second kappa shape index (κ2) is 7.79. The standard InChI is InChI=1S/C22H23F3N4O2/c1-11(13-6-14(22(23,24)25)8-15(26)7-13)27-21-17-9-20(31-16-4-5-16)19(30-3)10-18(17)28-12(2)29-21/h6-11,16H,4-5,26H2,1-3H3,(H,27,28,29). The lowest BCUT2D eigenvalue weighted by Crippen LogP contribution is -2.13. The molecule has 1 aromatic heterocycles. The second-order valence-electron chi connectivity index (χ2n) is 7.71. The first kappa shape index (κ1) is 21.0. The molecule has 0 saturated heterocycles. The third-order valence-corrected chi connectivity index (χ3v) is 5.07. The normalized spacial score (nSPS) is 15.0. The molecule has 1 saturated carbocycles. The molecule has 0 radical (unpaired) electrons. The highest BCUT2D eigenvalue weighted by atomic mass is 19.4. The van der Waals surface area contributed by atoms with Crippen molar-refractivity contribution >= 4 is 22.4 Å². The van der Waals surface area contributed by atoms with Gasteiger partial charge in [0.25, 0.3) is 0 Å². The van der Waals surface area contributed by atoms with E-state index in [-0.39, 0.29) is 11.8 Å². The number of halogens is 3. The minimum atomic E-state index is -4.48. The Kier molecular flexibility index (Phi) is 5.28. The molecule has 0 bridgehead atoms. The smallest absolute Gasteiger partial charge is 0.416 e. The predicted octanol–water partition coefficient (Wildman–Crippen LogP) is 5.26. The van der Waals surface area contributed by atoms with Crippen molar-refractivity contribution < 1.29 is 22.6 Å². The van der Waals surface area contributed by atoms with Crippen molar-refractivity contribution in [1.82, 2.24) is 9.97 Å². The molecule has 6 nitrogen and oxygen atoms in total. The molecule has 2 aromatic carbocycles. The fourth-order valence-electron chi connectivity index (χ4n) is 3.36. The van der Waals surface area contributed by atoms with Crippen molar-refractivity contribution in [2.45, 2.75) is 45.0 Å². The van der Waals surface area contributed by atoms with Gasteiger partial charge >= 0.3 is 6.18 Å². The molecule has 4 rings (SSSR count). The average molecular weight is 432 g/mol. The summed E-state index contributed by atoms with van der Waals surface area (Å²) in [7, 11) is 1.56. The first-order valence-corrected chi connectivity index (χ1v) is 9.91. The van der Waals surface area contributed by atoms with Gasteiger partial charge < -0.3 is 20.5 Å². The Morgan fingerprint density at radius 1 is 1.10 bits per heavy atom. The predicted molar refractivity (Wildman–Crippen MR) is 112 cm³/mol. The van der Waals surface area contributed by atoms with E-state index in [1.807, 2.05) is 6.07 Å². The van der Waals surface area contributed by atoms with E-state index in [1.165, 1.54) is 6.07 Å². The van der Waals surface area contributed by atoms with Gasteiger partial charge in [-0.25, -0.2) is 9.97 Å². The van der Waals surface area contributed by atoms with Crippen molar-refractivity contribution in [3.8, 4) is 11.5 Å². The molecule has 1 unspecified atom stereocenters. The number of methoxy groups -OCH3 is 1. The van der Waals surface area contributed by atoms with Crippen LogP contribution in [-0.4, -0.2) is 23.2 Å². The largest absolute Gasteiger partial charge is 0.493 e. The van der Waals surface area contributed by atoms with Crippen molar-refractivity contribution in [3.63, 3.8) is 0 Å². The zero-order valence-corrected chi connectivity index (χ0v) is 17.4. The Bertz CT molecular complexity index is 1130. The number of aromatic nitrogens is 2. The van der Waals surface area contributed by atoms with E-state index in [0.29, 0.717) is 39.6 Å². The van der Waals surface area contributed by atoms with Gasteiger partial charge in [-0.15, -0.1) is 0 Å². The van der Waals surface area contributed by atoms with Gasteiger partial charge in [-0.05, 0) is 56.5 Å². The number of nitrogens with zero attached hydrogens (tertiary/aromatic N) is 2. The summed E-state index contributed by atoms with van der Waals surface area (Å²) in [6.45, 7) is 3.50. The highest BCUT2D eigenvalue weighted by Crippen LogP contribution is 2.39. The molecule has 1 atom stereocenters. The molecule has 3 aromatic rings. The van der Waals surface area contributed by atoms with E-state index in [4.69, 9.17) is 15.2 Å². The van der Waals surface area contributed by atoms with E-state index in [2.05, 4.69) is 15.3 Å². The molecule has 0 spiro atoms. The van der Waals surface area contributed by atoms with Crippen LogP contribution in [0.3, 0.4) is 0 Å². The van der Waals surface area contributed by atoms with Gasteiger partial charge in [0.05, 0.1) is 30.3 Å². The molecule has 3 N–H and O–H groups in total. The molecule has 1 heterocycles. The number of nitrogens with one attached hydrogen (secondary N) is 1. The lowest BCUT2D eigenvalue weighted by Gasteiger charge is -2.19. The maximum absolute atomic E-state index is 13.2. The third kappa shape index (κ3) is 4.60. The monoisotopic (exact) mass is 432 g/mol. The minimum Gasteiger partial charge on any atom is -0.493 e. The Hall–Kier alpha value is -3.23. The van der Waals surface area contributed by atoms with Gasteiger partial charge in [0.2, 0.25) is 0 Å². The molecule has 164 valence electrons. The maximum atomic E-state index is 13.2. The number of hydrogen-bond acceptors (Lipinski definition) is 6. The number of ether oxygens (including phenoxy) is 2. The highest BCUT2D eigenvalue weighted by molar-refractivity contribution is 5.92. The Balaban J connectivity index is 1.73. The van der Waals surface area contributed by atoms with Crippen LogP contribution in [0.25, 0.3) is 10.9 Å². The van der Waals surface area contributed by atoms with Gasteiger partial charge in [0, 0.05) is 17.1 Å². The molecule has 1 aliphatic carbocycles. The Labute approximate surface area is 177 Å². The summed E-state index contributed by atoms with van der Waals surface area (Å²) in [5.74, 6) is 2.17. The number of hydrogen-bond donors (Lipinski definition) is 2. The van der Waals surface area contributed by atoms with Crippen molar-refractivity contribution in [2.24, 2.45) is 0 Å². The minimum absolute atomic E-state index is 0.0482. The Morgan fingerprint density at radius 2 is 1.84 bits per heavy atom. The summed E-state index contributed by atoms with van der Waals surface area (Å²) in [5.41, 5.74) is 6.03. The number of aryl methyl sites for hydroxylation is 1. The van der Waals surface area contributed by atoms with E-state index in [1.54, 1.807) is 27.0 Å². The van der Waals surface area contributed by atoms with E-state index in [9.17, 15) is 13.2 Å². The van der Waals surface area contributed by atoms with Gasteiger partial charge in [0.1, 0.15) is 11.6 Å². The number of fused-ring (bicyclic) bond motifs is 1. The van der Waals surface area contributed by atoms with Crippen LogP contribution in [0.1, 0.15) is 42.8 Å². The van der Waals surface area contributed by atoms with Crippen LogP contribution in [0.15, 0.2) is 30.3 Å². The van der Waals surface area contributed by atoms with Gasteiger partial charge in [-0.2, -0.15) is 13.2 Å². The Morgan fingerprint density at radius 3 is 2.48 bits per heavy atom. The first-order valence-electron chi connectivity index (χ1n) is 9.91. The van der Waals surface area contributed by atoms with Gasteiger partial charge in [-0.1, -0.05) is 0 Å². The van der Waals surface area contributed by atoms with Crippen LogP contribution in [0.2, 0.25) is 0 Å². The van der Waals surface area contributed by atoms with Crippen LogP contribution in [0.4, 0.5) is 24.7 Å². The topological polar surface area (TPSA) is 82.3 Å². The zero-order valence-electron chi connectivity index (χ0n) is 17.4. The summed E-state index contributed by atoms with van der Waals surface area (Å²) in [6.07, 6.45) is -2.33. The second-order valence-corrected chi connectivity index (χ2v) is 7.71. The lowest BCUT2D eigenvalue weighted by molar-refractivity contribution is -0.137. The zero-order chi connectivity index (χ0) is 22.3. The summed E-state index contributed by atoms with van der Waals surface area (Å²) >= 11 is 0. The summed E-state index contributed by atoms with van der Waals surface area (Å²) in [5, 5.41) is 3.90. The molecule has 1 fully saturated rings. The van der Waals surface area contributed by atoms with E-state index >= 15 is 0 Å². The molecular weight excluding hydrogens is 409 g/mol. The maximum Gasteiger partial charge on any atom is 0.416 e. The van der Waals surface area contributed by atoms with Crippen LogP contribution >= 0.6 is 0 Å². The van der Waals surface area contributed by atoms with Crippen molar-refractivity contribution in [1.29, 1.82) is 0 Å². The number of alkyl halides is 3. The van der Waals surface area contributed by atoms with Crippen LogP contribution < -0.4 is 20.5 Å². The molecule has 1 aliphatic rings. The SMILES string of the molecule is COc1cc2nc(C)nc(NC(C)c3cc(N)cc(C(F)(F)F)c3)c2cc1OC1CC1. The van der Waals surface area contributed by atoms with Crippen molar-refractivity contribution in [2.75, 3.05) is 18.2 Å².